The molecule has 0 saturated carbocycles. The van der Waals surface area contributed by atoms with Crippen molar-refractivity contribution in [2.75, 3.05) is 31.9 Å². The van der Waals surface area contributed by atoms with E-state index >= 15 is 0 Å². The second-order valence-corrected chi connectivity index (χ2v) is 7.22. The van der Waals surface area contributed by atoms with Gasteiger partial charge in [0.15, 0.2) is 22.8 Å². The molecule has 0 atom stereocenters. The van der Waals surface area contributed by atoms with Crippen LogP contribution < -0.4 is 24.5 Å². The Labute approximate surface area is 162 Å². The lowest BCUT2D eigenvalue weighted by molar-refractivity contribution is 0.174. The number of hydrogen-bond donors (Lipinski definition) is 0. The van der Waals surface area contributed by atoms with Crippen molar-refractivity contribution in [3.8, 4) is 28.6 Å². The van der Waals surface area contributed by atoms with Gasteiger partial charge in [0.1, 0.15) is 0 Å². The highest BCUT2D eigenvalue weighted by Gasteiger charge is 2.24. The van der Waals surface area contributed by atoms with E-state index in [1.165, 1.54) is 7.11 Å². The molecule has 0 spiro atoms. The van der Waals surface area contributed by atoms with Crippen molar-refractivity contribution in [1.82, 2.24) is 0 Å². The van der Waals surface area contributed by atoms with E-state index in [2.05, 4.69) is 11.0 Å². The summed E-state index contributed by atoms with van der Waals surface area (Å²) in [5, 5.41) is 0.545. The van der Waals surface area contributed by atoms with E-state index in [-0.39, 0.29) is 18.0 Å². The van der Waals surface area contributed by atoms with Crippen molar-refractivity contribution < 1.29 is 18.6 Å². The molecule has 0 amide bonds. The van der Waals surface area contributed by atoms with Crippen LogP contribution in [0, 0.1) is 6.92 Å². The molecule has 0 unspecified atom stereocenters. The van der Waals surface area contributed by atoms with Crippen LogP contribution in [0.4, 0.5) is 5.69 Å². The molecule has 1 saturated heterocycles. The minimum absolute atomic E-state index is 0.166. The highest BCUT2D eigenvalue weighted by Crippen LogP contribution is 2.40. The summed E-state index contributed by atoms with van der Waals surface area (Å²) >= 11 is 0. The number of nitrogens with zero attached hydrogens (tertiary/aromatic N) is 1. The zero-order chi connectivity index (χ0) is 19.3. The number of rotatable bonds is 3. The molecule has 0 N–H and O–H groups in total. The van der Waals surface area contributed by atoms with Crippen LogP contribution >= 0.6 is 0 Å². The zero-order valence-corrected chi connectivity index (χ0v) is 15.9. The van der Waals surface area contributed by atoms with Crippen LogP contribution in [-0.4, -0.2) is 27.0 Å². The third-order valence-corrected chi connectivity index (χ3v) is 5.36. The van der Waals surface area contributed by atoms with Gasteiger partial charge in [0, 0.05) is 18.7 Å². The van der Waals surface area contributed by atoms with Crippen LogP contribution in [0.25, 0.3) is 22.3 Å². The Balaban J connectivity index is 1.78. The monoisotopic (exact) mass is 379 g/mol. The highest BCUT2D eigenvalue weighted by molar-refractivity contribution is 5.92. The molecular formula is C22H21NO5. The summed E-state index contributed by atoms with van der Waals surface area (Å²) in [5.41, 5.74) is 3.15. The molecule has 1 aromatic heterocycles. The second-order valence-electron chi connectivity index (χ2n) is 7.22. The molecule has 28 heavy (non-hydrogen) atoms. The molecule has 1 fully saturated rings. The fraction of sp³-hybridized carbons (Fsp3) is 0.318. The Morgan fingerprint density at radius 2 is 1.82 bits per heavy atom. The first-order valence-corrected chi connectivity index (χ1v) is 9.46. The van der Waals surface area contributed by atoms with Crippen LogP contribution in [0.2, 0.25) is 0 Å². The molecule has 2 aliphatic rings. The van der Waals surface area contributed by atoms with Crippen molar-refractivity contribution in [2.45, 2.75) is 19.8 Å². The Kier molecular flexibility index (Phi) is 3.93. The third-order valence-electron chi connectivity index (χ3n) is 5.36. The number of aryl methyl sites for hydroxylation is 1. The van der Waals surface area contributed by atoms with Gasteiger partial charge in [0.05, 0.1) is 18.2 Å². The van der Waals surface area contributed by atoms with Crippen molar-refractivity contribution in [3.63, 3.8) is 0 Å². The molecule has 3 heterocycles. The Morgan fingerprint density at radius 1 is 1.04 bits per heavy atom. The lowest BCUT2D eigenvalue weighted by atomic mass is 10.1. The van der Waals surface area contributed by atoms with Crippen molar-refractivity contribution in [3.05, 3.63) is 46.1 Å². The first-order valence-electron chi connectivity index (χ1n) is 9.46. The summed E-state index contributed by atoms with van der Waals surface area (Å²) in [7, 11) is 1.49. The van der Waals surface area contributed by atoms with Crippen LogP contribution in [0.3, 0.4) is 0 Å². The molecule has 0 aliphatic carbocycles. The van der Waals surface area contributed by atoms with E-state index in [1.807, 2.05) is 31.2 Å². The van der Waals surface area contributed by atoms with Gasteiger partial charge in [-0.15, -0.1) is 0 Å². The number of hydrogen-bond acceptors (Lipinski definition) is 6. The van der Waals surface area contributed by atoms with E-state index < -0.39 is 0 Å². The predicted octanol–water partition coefficient (Wildman–Crippen LogP) is 4.11. The molecule has 2 aromatic carbocycles. The standard InChI is InChI=1S/C22H21NO5/c1-13-9-15-19(24)22(25-2)20(14-5-6-17-18(11-14)27-12-26-17)28-21(15)16(10-13)23-7-3-4-8-23/h5-6,9-11H,3-4,7-8,12H2,1-2H3. The predicted molar refractivity (Wildman–Crippen MR) is 107 cm³/mol. The molecule has 5 rings (SSSR count). The quantitative estimate of drug-likeness (QED) is 0.683. The smallest absolute Gasteiger partial charge is 0.235 e. The van der Waals surface area contributed by atoms with E-state index in [4.69, 9.17) is 18.6 Å². The summed E-state index contributed by atoms with van der Waals surface area (Å²) in [6, 6.07) is 9.44. The summed E-state index contributed by atoms with van der Waals surface area (Å²) < 4.78 is 22.7. The fourth-order valence-electron chi connectivity index (χ4n) is 4.01. The summed E-state index contributed by atoms with van der Waals surface area (Å²) in [4.78, 5) is 15.5. The van der Waals surface area contributed by atoms with Crippen molar-refractivity contribution in [2.24, 2.45) is 0 Å². The summed E-state index contributed by atoms with van der Waals surface area (Å²) in [5.74, 6) is 1.91. The lowest BCUT2D eigenvalue weighted by Crippen LogP contribution is -2.19. The molecule has 0 bridgehead atoms. The first-order chi connectivity index (χ1) is 13.7. The Bertz CT molecular complexity index is 1130. The van der Waals surface area contributed by atoms with E-state index in [1.54, 1.807) is 0 Å². The molecule has 144 valence electrons. The molecule has 2 aliphatic heterocycles. The number of fused-ring (bicyclic) bond motifs is 2. The Morgan fingerprint density at radius 3 is 2.61 bits per heavy atom. The molecular weight excluding hydrogens is 358 g/mol. The van der Waals surface area contributed by atoms with Crippen LogP contribution in [0.15, 0.2) is 39.5 Å². The van der Waals surface area contributed by atoms with Gasteiger partial charge in [0.2, 0.25) is 18.0 Å². The minimum atomic E-state index is -0.166. The fourth-order valence-corrected chi connectivity index (χ4v) is 4.01. The topological polar surface area (TPSA) is 61.1 Å². The van der Waals surface area contributed by atoms with Crippen LogP contribution in [0.1, 0.15) is 18.4 Å². The zero-order valence-electron chi connectivity index (χ0n) is 15.9. The van der Waals surface area contributed by atoms with Gasteiger partial charge in [-0.3, -0.25) is 4.79 Å². The highest BCUT2D eigenvalue weighted by atomic mass is 16.7. The normalized spacial score (nSPS) is 15.4. The largest absolute Gasteiger partial charge is 0.490 e. The third kappa shape index (κ3) is 2.59. The number of benzene rings is 2. The van der Waals surface area contributed by atoms with Crippen molar-refractivity contribution >= 4 is 16.7 Å². The second kappa shape index (κ2) is 6.48. The maximum atomic E-state index is 13.2. The summed E-state index contributed by atoms with van der Waals surface area (Å²) in [6.45, 7) is 4.12. The Hall–Kier alpha value is -3.15. The van der Waals surface area contributed by atoms with E-state index in [0.717, 1.165) is 37.2 Å². The number of methoxy groups -OCH3 is 1. The van der Waals surface area contributed by atoms with Gasteiger partial charge in [-0.05, 0) is 55.7 Å². The van der Waals surface area contributed by atoms with E-state index in [9.17, 15) is 4.79 Å². The minimum Gasteiger partial charge on any atom is -0.490 e. The maximum Gasteiger partial charge on any atom is 0.235 e. The van der Waals surface area contributed by atoms with Gasteiger partial charge in [-0.2, -0.15) is 0 Å². The lowest BCUT2D eigenvalue weighted by Gasteiger charge is -2.20. The average molecular weight is 379 g/mol. The molecule has 6 heteroatoms. The number of anilines is 1. The van der Waals surface area contributed by atoms with Gasteiger partial charge in [-0.25, -0.2) is 0 Å². The molecule has 3 aromatic rings. The average Bonchev–Trinajstić information content (AvgIpc) is 3.39. The SMILES string of the molecule is COc1c(-c2ccc3c(c2)OCO3)oc2c(N3CCCC3)cc(C)cc2c1=O. The first kappa shape index (κ1) is 17.0. The van der Waals surface area contributed by atoms with Gasteiger partial charge in [-0.1, -0.05) is 0 Å². The van der Waals surface area contributed by atoms with Crippen LogP contribution in [0.5, 0.6) is 17.2 Å². The maximum absolute atomic E-state index is 13.2. The van der Waals surface area contributed by atoms with Gasteiger partial charge >= 0.3 is 0 Å². The molecule has 6 nitrogen and oxygen atoms in total. The van der Waals surface area contributed by atoms with Crippen molar-refractivity contribution in [1.29, 1.82) is 0 Å². The summed E-state index contributed by atoms with van der Waals surface area (Å²) in [6.07, 6.45) is 2.29. The van der Waals surface area contributed by atoms with Crippen LogP contribution in [-0.2, 0) is 0 Å². The molecule has 0 radical (unpaired) electrons. The van der Waals surface area contributed by atoms with Gasteiger partial charge in [0.25, 0.3) is 0 Å². The number of ether oxygens (including phenoxy) is 3. The van der Waals surface area contributed by atoms with E-state index in [0.29, 0.717) is 33.8 Å². The van der Waals surface area contributed by atoms with Gasteiger partial charge < -0.3 is 23.5 Å².